The molecule has 0 spiro atoms. The van der Waals surface area contributed by atoms with Crippen LogP contribution in [0.1, 0.15) is 45.2 Å². The van der Waals surface area contributed by atoms with Crippen LogP contribution in [0.25, 0.3) is 44.1 Å². The van der Waals surface area contributed by atoms with Gasteiger partial charge in [-0.2, -0.15) is 55.3 Å². The molecule has 0 unspecified atom stereocenters. The minimum Gasteiger partial charge on any atom is -1.00 e. The summed E-state index contributed by atoms with van der Waals surface area (Å²) in [4.78, 5) is 26.7. The first kappa shape index (κ1) is 69.0. The van der Waals surface area contributed by atoms with Crippen molar-refractivity contribution >= 4 is 68.7 Å². The third kappa shape index (κ3) is 16.9. The van der Waals surface area contributed by atoms with Gasteiger partial charge >= 0.3 is 48.1 Å². The molecule has 12 nitrogen and oxygen atoms in total. The first-order chi connectivity index (χ1) is 43.0. The Kier molecular flexibility index (Phi) is 22.4. The van der Waals surface area contributed by atoms with Crippen LogP contribution in [0, 0.1) is 34.0 Å². The number of para-hydroxylation sites is 3. The largest absolute Gasteiger partial charge is 1.00 e. The Morgan fingerprint density at radius 1 is 0.478 bits per heavy atom. The Labute approximate surface area is 552 Å². The SMILES string of the molecule is N#Cc1cc(Oc2ccc(-n3cc(C(=O)C(N)=O)c4ccccc43)cc2)ccc1C(F)(F)F.N#Cc1cc(Oc2ccc(-n3ccc4ccccc43)cc2)ccc1C(F)(F)F.N#Cc1cc(Oc2ccc(Br)cc2)ccc1C(F)(F)F.[B].[H-].[Na+].c1ccc2[nH]ccc2c1. The van der Waals surface area contributed by atoms with E-state index in [1.54, 1.807) is 95.6 Å². The molecule has 0 fully saturated rings. The summed E-state index contributed by atoms with van der Waals surface area (Å²) in [5, 5.41) is 29.8. The maximum Gasteiger partial charge on any atom is 1.00 e. The number of H-pyrrole nitrogens is 1. The van der Waals surface area contributed by atoms with Gasteiger partial charge in [-0.05, 0) is 168 Å². The molecule has 3 aromatic heterocycles. The zero-order valence-corrected chi connectivity index (χ0v) is 51.2. The summed E-state index contributed by atoms with van der Waals surface area (Å²) in [5.41, 5.74) is 5.40. The molecule has 0 saturated carbocycles. The Morgan fingerprint density at radius 3 is 1.30 bits per heavy atom. The number of primary amides is 1. The van der Waals surface area contributed by atoms with E-state index >= 15 is 0 Å². The standard InChI is InChI=1S/C24H14F3N3O3.C22H13F3N2O.C14H7BrF3NO.C8H7N.B.Na.H/c25-24(26,27)20-10-9-17(11-14(20)12-28)33-16-7-5-15(6-8-16)30-13-19(22(31)23(29)32)18-3-1-2-4-21(18)30;23-22(24,25)20-10-9-19(13-16(20)14-26)28-18-7-5-17(6-8-18)27-12-11-15-3-1-2-4-21(15)27;15-10-1-3-11(4-2-10)20-12-5-6-13(14(16,17)18)9(7-12)8-19;1-2-4-8-7(3-1)5-6-9-8;;;/h1-11,13H,(H2,29,32);1-13H;1-7H;1-6,9H;;;/q;;;;;+1;-1. The number of ketones is 1. The second-order valence-corrected chi connectivity index (χ2v) is 20.0. The molecule has 3 N–H and O–H groups in total. The summed E-state index contributed by atoms with van der Waals surface area (Å²) in [6, 6.07) is 61.6. The second kappa shape index (κ2) is 29.9. The van der Waals surface area contributed by atoms with Gasteiger partial charge in [-0.1, -0.05) is 70.5 Å². The molecule has 12 rings (SSSR count). The van der Waals surface area contributed by atoms with Crippen LogP contribution in [0.4, 0.5) is 39.5 Å². The number of aromatic nitrogens is 3. The fourth-order valence-electron chi connectivity index (χ4n) is 9.05. The van der Waals surface area contributed by atoms with Crippen molar-refractivity contribution in [3.05, 3.63) is 274 Å². The van der Waals surface area contributed by atoms with Crippen LogP contribution in [0.2, 0.25) is 0 Å². The summed E-state index contributed by atoms with van der Waals surface area (Å²) in [6.45, 7) is 0. The number of alkyl halides is 9. The van der Waals surface area contributed by atoms with Crippen LogP contribution in [0.15, 0.2) is 235 Å². The van der Waals surface area contributed by atoms with Gasteiger partial charge < -0.3 is 35.5 Å². The number of amides is 1. The normalized spacial score (nSPS) is 10.9. The predicted molar refractivity (Wildman–Crippen MR) is 328 cm³/mol. The van der Waals surface area contributed by atoms with Gasteiger partial charge in [-0.3, -0.25) is 9.59 Å². The third-order valence-electron chi connectivity index (χ3n) is 13.2. The molecule has 9 aromatic carbocycles. The number of nitriles is 3. The quantitative estimate of drug-likeness (QED) is 0.0586. The molecule has 12 aromatic rings. The first-order valence-corrected chi connectivity index (χ1v) is 27.2. The molecule has 24 heteroatoms. The molecule has 92 heavy (non-hydrogen) atoms. The van der Waals surface area contributed by atoms with Crippen molar-refractivity contribution in [3.8, 4) is 64.1 Å². The molecule has 0 atom stereocenters. The van der Waals surface area contributed by atoms with Crippen LogP contribution in [0.3, 0.4) is 0 Å². The Balaban J connectivity index is 0.000000208. The van der Waals surface area contributed by atoms with Crippen molar-refractivity contribution in [2.45, 2.75) is 18.5 Å². The van der Waals surface area contributed by atoms with E-state index < -0.39 is 63.6 Å². The van der Waals surface area contributed by atoms with E-state index in [-0.39, 0.29) is 62.2 Å². The molecule has 3 heterocycles. The molecule has 0 saturated heterocycles. The van der Waals surface area contributed by atoms with Gasteiger partial charge in [0, 0.05) is 53.8 Å². The maximum absolute atomic E-state index is 13.0. The van der Waals surface area contributed by atoms with Crippen molar-refractivity contribution in [1.82, 2.24) is 14.1 Å². The number of nitrogens with one attached hydrogen (secondary N) is 1. The second-order valence-electron chi connectivity index (χ2n) is 19.1. The third-order valence-corrected chi connectivity index (χ3v) is 13.8. The molecule has 0 aliphatic carbocycles. The molecule has 1 amide bonds. The Morgan fingerprint density at radius 2 is 0.870 bits per heavy atom. The number of ether oxygens (including phenoxy) is 3. The number of benzene rings is 9. The molecule has 0 aliphatic heterocycles. The van der Waals surface area contributed by atoms with Crippen LogP contribution in [-0.4, -0.2) is 34.2 Å². The minimum atomic E-state index is -4.64. The Hall–Kier alpha value is -10.5. The summed E-state index contributed by atoms with van der Waals surface area (Å²) in [7, 11) is 0. The molecular weight excluding hydrogens is 1280 g/mol. The number of fused-ring (bicyclic) bond motifs is 3. The van der Waals surface area contributed by atoms with E-state index in [9.17, 15) is 49.1 Å². The monoisotopic (exact) mass is 1320 g/mol. The van der Waals surface area contributed by atoms with Gasteiger partial charge in [0.2, 0.25) is 0 Å². The summed E-state index contributed by atoms with van der Waals surface area (Å²) in [5.74, 6) is -0.183. The van der Waals surface area contributed by atoms with Crippen LogP contribution in [-0.2, 0) is 23.3 Å². The number of rotatable bonds is 10. The number of hydrogen-bond acceptors (Lipinski definition) is 8. The number of nitrogens with zero attached hydrogens (tertiary/aromatic N) is 5. The molecule has 0 bridgehead atoms. The molecule has 0 aliphatic rings. The average Bonchev–Trinajstić information content (AvgIpc) is 1.68. The summed E-state index contributed by atoms with van der Waals surface area (Å²) < 4.78 is 137. The van der Waals surface area contributed by atoms with Gasteiger partial charge in [-0.15, -0.1) is 0 Å². The predicted octanol–water partition coefficient (Wildman–Crippen LogP) is 15.3. The smallest absolute Gasteiger partial charge is 1.00 e. The van der Waals surface area contributed by atoms with Gasteiger partial charge in [0.05, 0.1) is 68.2 Å². The molecule has 453 valence electrons. The van der Waals surface area contributed by atoms with Crippen LogP contribution in [0.5, 0.6) is 34.5 Å². The number of nitrogens with two attached hydrogens (primary N) is 1. The number of aromatic amines is 1. The van der Waals surface area contributed by atoms with Crippen molar-refractivity contribution in [2.24, 2.45) is 5.73 Å². The average molecular weight is 1320 g/mol. The van der Waals surface area contributed by atoms with Crippen molar-refractivity contribution in [3.63, 3.8) is 0 Å². The number of carbonyl (C=O) groups excluding carboxylic acids is 2. The van der Waals surface area contributed by atoms with Crippen LogP contribution >= 0.6 is 15.9 Å². The van der Waals surface area contributed by atoms with E-state index in [2.05, 4.69) is 39.1 Å². The fourth-order valence-corrected chi connectivity index (χ4v) is 9.31. The van der Waals surface area contributed by atoms with E-state index in [1.807, 2.05) is 71.6 Å². The molecular formula is C68H42BBrF9N7NaO5. The fraction of sp³-hybridized carbons (Fsp3) is 0.0441. The van der Waals surface area contributed by atoms with Gasteiger partial charge in [0.1, 0.15) is 34.5 Å². The number of Topliss-reactive ketones (excluding diaryl/α,β-unsaturated/α-hetero) is 1. The summed E-state index contributed by atoms with van der Waals surface area (Å²) in [6.07, 6.45) is -8.34. The number of halogens is 10. The van der Waals surface area contributed by atoms with Gasteiger partial charge in [-0.25, -0.2) is 0 Å². The van der Waals surface area contributed by atoms with Crippen molar-refractivity contribution in [2.75, 3.05) is 0 Å². The molecule has 3 radical (unpaired) electrons. The zero-order chi connectivity index (χ0) is 64.3. The number of carbonyl (C=O) groups is 2. The first-order valence-electron chi connectivity index (χ1n) is 26.4. The Bertz CT molecular complexity index is 4700. The minimum absolute atomic E-state index is 0. The van der Waals surface area contributed by atoms with E-state index in [1.165, 1.54) is 41.4 Å². The topological polar surface area (TPSA) is 185 Å². The maximum atomic E-state index is 13.0. The van der Waals surface area contributed by atoms with Gasteiger partial charge in [0.15, 0.2) is 0 Å². The van der Waals surface area contributed by atoms with E-state index in [4.69, 9.17) is 35.7 Å². The van der Waals surface area contributed by atoms with Crippen molar-refractivity contribution in [1.29, 1.82) is 15.8 Å². The summed E-state index contributed by atoms with van der Waals surface area (Å²) >= 11 is 3.26. The number of hydrogen-bond donors (Lipinski definition) is 2. The van der Waals surface area contributed by atoms with Gasteiger partial charge in [0.25, 0.3) is 11.7 Å². The van der Waals surface area contributed by atoms with Crippen LogP contribution < -0.4 is 49.5 Å². The van der Waals surface area contributed by atoms with E-state index in [0.29, 0.717) is 33.8 Å². The zero-order valence-electron chi connectivity index (χ0n) is 48.7. The van der Waals surface area contributed by atoms with Crippen molar-refractivity contribution < 1.29 is 94.3 Å². The van der Waals surface area contributed by atoms with E-state index in [0.717, 1.165) is 63.5 Å².